The van der Waals surface area contributed by atoms with Crippen molar-refractivity contribution in [3.05, 3.63) is 119 Å². The number of carbonyl (C=O) groups excluding carboxylic acids is 1. The van der Waals surface area contributed by atoms with Crippen LogP contribution in [-0.4, -0.2) is 26.2 Å². The summed E-state index contributed by atoms with van der Waals surface area (Å²) in [6.07, 6.45) is -0.173. The summed E-state index contributed by atoms with van der Waals surface area (Å²) in [5.74, 6) is -1.09. The SMILES string of the molecule is CC(C)(c1ccc(O)cc1)c1ccc(O)cc1.O=C1CC(O)(c2ccccc2)Oc2ccc(O)cc21. The van der Waals surface area contributed by atoms with Crippen LogP contribution in [0, 0.1) is 0 Å². The van der Waals surface area contributed by atoms with Crippen molar-refractivity contribution in [1.29, 1.82) is 0 Å². The lowest BCUT2D eigenvalue weighted by Gasteiger charge is -2.33. The van der Waals surface area contributed by atoms with Gasteiger partial charge in [0.1, 0.15) is 23.0 Å². The molecule has 0 radical (unpaired) electrons. The Kier molecular flexibility index (Phi) is 6.73. The lowest BCUT2D eigenvalue weighted by molar-refractivity contribution is -0.147. The molecular formula is C30H28O6. The lowest BCUT2D eigenvalue weighted by Crippen LogP contribution is -2.39. The first kappa shape index (κ1) is 24.8. The zero-order valence-electron chi connectivity index (χ0n) is 20.1. The van der Waals surface area contributed by atoms with Crippen LogP contribution >= 0.6 is 0 Å². The number of phenolic OH excluding ortho intramolecular Hbond substituents is 3. The number of ketones is 1. The lowest BCUT2D eigenvalue weighted by atomic mass is 9.78. The van der Waals surface area contributed by atoms with Crippen molar-refractivity contribution < 1.29 is 30.0 Å². The van der Waals surface area contributed by atoms with Gasteiger partial charge < -0.3 is 25.2 Å². The minimum absolute atomic E-state index is 0.000788. The van der Waals surface area contributed by atoms with Crippen LogP contribution in [-0.2, 0) is 11.2 Å². The van der Waals surface area contributed by atoms with Gasteiger partial charge >= 0.3 is 0 Å². The van der Waals surface area contributed by atoms with Crippen LogP contribution < -0.4 is 4.74 Å². The summed E-state index contributed by atoms with van der Waals surface area (Å²) in [5.41, 5.74) is 2.92. The van der Waals surface area contributed by atoms with E-state index in [4.69, 9.17) is 4.74 Å². The second kappa shape index (κ2) is 9.76. The average Bonchev–Trinajstić information content (AvgIpc) is 2.86. The van der Waals surface area contributed by atoms with Crippen molar-refractivity contribution in [3.63, 3.8) is 0 Å². The molecule has 0 spiro atoms. The molecule has 6 heteroatoms. The van der Waals surface area contributed by atoms with Crippen molar-refractivity contribution in [2.75, 3.05) is 0 Å². The molecule has 0 saturated heterocycles. The number of aliphatic hydroxyl groups is 1. The van der Waals surface area contributed by atoms with Gasteiger partial charge in [0, 0.05) is 11.0 Å². The summed E-state index contributed by atoms with van der Waals surface area (Å²) in [5, 5.41) is 38.5. The minimum Gasteiger partial charge on any atom is -0.508 e. The molecule has 0 fully saturated rings. The maximum Gasteiger partial charge on any atom is 0.242 e. The number of hydrogen-bond donors (Lipinski definition) is 4. The number of aromatic hydroxyl groups is 3. The number of fused-ring (bicyclic) bond motifs is 1. The molecule has 1 unspecified atom stereocenters. The largest absolute Gasteiger partial charge is 0.508 e. The van der Waals surface area contributed by atoms with E-state index in [1.807, 2.05) is 30.3 Å². The Morgan fingerprint density at radius 1 is 0.722 bits per heavy atom. The third-order valence-corrected chi connectivity index (χ3v) is 6.35. The third kappa shape index (κ3) is 5.19. The van der Waals surface area contributed by atoms with E-state index in [-0.39, 0.29) is 40.6 Å². The number of rotatable bonds is 3. The fraction of sp³-hybridized carbons (Fsp3) is 0.167. The topological polar surface area (TPSA) is 107 Å². The fourth-order valence-corrected chi connectivity index (χ4v) is 4.14. The van der Waals surface area contributed by atoms with E-state index >= 15 is 0 Å². The van der Waals surface area contributed by atoms with Crippen molar-refractivity contribution in [1.82, 2.24) is 0 Å². The first-order valence-electron chi connectivity index (χ1n) is 11.5. The van der Waals surface area contributed by atoms with Crippen LogP contribution in [0.15, 0.2) is 97.1 Å². The Labute approximate surface area is 209 Å². The normalized spacial score (nSPS) is 16.8. The molecule has 1 aliphatic heterocycles. The van der Waals surface area contributed by atoms with Gasteiger partial charge in [-0.25, -0.2) is 0 Å². The van der Waals surface area contributed by atoms with Crippen LogP contribution in [0.25, 0.3) is 0 Å². The molecule has 0 saturated carbocycles. The predicted octanol–water partition coefficient (Wildman–Crippen LogP) is 5.63. The highest BCUT2D eigenvalue weighted by atomic mass is 16.6. The summed E-state index contributed by atoms with van der Waals surface area (Å²) in [6, 6.07) is 27.5. The Morgan fingerprint density at radius 3 is 1.75 bits per heavy atom. The molecule has 5 rings (SSSR count). The number of phenols is 3. The van der Waals surface area contributed by atoms with Gasteiger partial charge in [0.15, 0.2) is 5.78 Å². The number of benzene rings is 4. The van der Waals surface area contributed by atoms with Gasteiger partial charge in [-0.2, -0.15) is 0 Å². The zero-order chi connectivity index (χ0) is 25.9. The van der Waals surface area contributed by atoms with Crippen molar-refractivity contribution >= 4 is 5.78 Å². The van der Waals surface area contributed by atoms with E-state index in [0.29, 0.717) is 11.1 Å². The third-order valence-electron chi connectivity index (χ3n) is 6.35. The summed E-state index contributed by atoms with van der Waals surface area (Å²) >= 11 is 0. The molecule has 0 aliphatic carbocycles. The minimum atomic E-state index is -1.65. The summed E-state index contributed by atoms with van der Waals surface area (Å²) < 4.78 is 5.55. The van der Waals surface area contributed by atoms with Crippen LogP contribution in [0.1, 0.15) is 47.3 Å². The number of Topliss-reactive ketones (excluding diaryl/α,β-unsaturated/α-hetero) is 1. The molecule has 6 nitrogen and oxygen atoms in total. The predicted molar refractivity (Wildman–Crippen MR) is 136 cm³/mol. The van der Waals surface area contributed by atoms with Crippen molar-refractivity contribution in [2.24, 2.45) is 0 Å². The highest BCUT2D eigenvalue weighted by molar-refractivity contribution is 6.00. The summed E-state index contributed by atoms with van der Waals surface area (Å²) in [4.78, 5) is 12.1. The average molecular weight is 485 g/mol. The quantitative estimate of drug-likeness (QED) is 0.300. The first-order valence-corrected chi connectivity index (χ1v) is 11.5. The number of ether oxygens (including phenoxy) is 1. The van der Waals surface area contributed by atoms with Crippen LogP contribution in [0.5, 0.6) is 23.0 Å². The van der Waals surface area contributed by atoms with E-state index in [2.05, 4.69) is 13.8 Å². The zero-order valence-corrected chi connectivity index (χ0v) is 20.1. The standard InChI is InChI=1S/C15H12O4.C15H16O2/c16-11-6-7-14-12(8-11)13(17)9-15(18,19-14)10-4-2-1-3-5-10;1-15(2,11-3-7-13(16)8-4-11)12-5-9-14(17)10-6-12/h1-8,16,18H,9H2;3-10,16-17H,1-2H3. The van der Waals surface area contributed by atoms with Crippen molar-refractivity contribution in [3.8, 4) is 23.0 Å². The molecule has 1 atom stereocenters. The van der Waals surface area contributed by atoms with Crippen LogP contribution in [0.2, 0.25) is 0 Å². The summed E-state index contributed by atoms with van der Waals surface area (Å²) in [6.45, 7) is 4.23. The van der Waals surface area contributed by atoms with Gasteiger partial charge in [-0.05, 0) is 53.6 Å². The van der Waals surface area contributed by atoms with E-state index in [9.17, 15) is 25.2 Å². The number of hydrogen-bond acceptors (Lipinski definition) is 6. The summed E-state index contributed by atoms with van der Waals surface area (Å²) in [7, 11) is 0. The second-order valence-corrected chi connectivity index (χ2v) is 9.25. The van der Waals surface area contributed by atoms with Crippen LogP contribution in [0.3, 0.4) is 0 Å². The Bertz CT molecular complexity index is 1300. The molecule has 0 aromatic heterocycles. The Morgan fingerprint density at radius 2 is 1.22 bits per heavy atom. The molecule has 1 heterocycles. The molecule has 4 aromatic carbocycles. The van der Waals surface area contributed by atoms with Gasteiger partial charge in [0.05, 0.1) is 12.0 Å². The van der Waals surface area contributed by atoms with Gasteiger partial charge in [-0.15, -0.1) is 0 Å². The van der Waals surface area contributed by atoms with E-state index in [1.165, 1.54) is 18.2 Å². The van der Waals surface area contributed by atoms with Crippen molar-refractivity contribution in [2.45, 2.75) is 31.5 Å². The Balaban J connectivity index is 0.000000170. The molecule has 4 N–H and O–H groups in total. The maximum atomic E-state index is 12.1. The van der Waals surface area contributed by atoms with E-state index in [1.54, 1.807) is 48.5 Å². The number of carbonyl (C=O) groups is 1. The monoisotopic (exact) mass is 484 g/mol. The molecule has 0 bridgehead atoms. The molecular weight excluding hydrogens is 456 g/mol. The first-order chi connectivity index (χ1) is 17.1. The second-order valence-electron chi connectivity index (χ2n) is 9.25. The van der Waals surface area contributed by atoms with Gasteiger partial charge in [0.25, 0.3) is 0 Å². The molecule has 0 amide bonds. The van der Waals surface area contributed by atoms with Gasteiger partial charge in [0.2, 0.25) is 5.79 Å². The van der Waals surface area contributed by atoms with E-state index in [0.717, 1.165) is 11.1 Å². The molecule has 1 aliphatic rings. The fourth-order valence-electron chi connectivity index (χ4n) is 4.14. The van der Waals surface area contributed by atoms with Crippen LogP contribution in [0.4, 0.5) is 0 Å². The van der Waals surface area contributed by atoms with Gasteiger partial charge in [-0.1, -0.05) is 68.4 Å². The highest BCUT2D eigenvalue weighted by Crippen LogP contribution is 2.39. The van der Waals surface area contributed by atoms with Gasteiger partial charge in [-0.3, -0.25) is 4.79 Å². The molecule has 4 aromatic rings. The molecule has 36 heavy (non-hydrogen) atoms. The van der Waals surface area contributed by atoms with E-state index < -0.39 is 5.79 Å². The Hall–Kier alpha value is -4.29. The molecule has 184 valence electrons. The highest BCUT2D eigenvalue weighted by Gasteiger charge is 2.40. The maximum absolute atomic E-state index is 12.1. The smallest absolute Gasteiger partial charge is 0.242 e.